The Morgan fingerprint density at radius 3 is 2.47 bits per heavy atom. The molecule has 1 N–H and O–H groups in total. The van der Waals surface area contributed by atoms with Gasteiger partial charge in [0.2, 0.25) is 0 Å². The van der Waals surface area contributed by atoms with E-state index in [0.29, 0.717) is 27.9 Å². The minimum atomic E-state index is -0.953. The number of hydrogen-bond donors (Lipinski definition) is 1. The van der Waals surface area contributed by atoms with Gasteiger partial charge < -0.3 is 14.6 Å². The zero-order valence-electron chi connectivity index (χ0n) is 16.6. The topological polar surface area (TPSA) is 81.4 Å². The zero-order chi connectivity index (χ0) is 21.1. The van der Waals surface area contributed by atoms with E-state index in [2.05, 4.69) is 10.5 Å². The fourth-order valence-electron chi connectivity index (χ4n) is 3.03. The number of nitrogens with zero attached hydrogens (tertiary/aromatic N) is 1. The molecule has 0 bridgehead atoms. The number of ether oxygens (including phenoxy) is 1. The summed E-state index contributed by atoms with van der Waals surface area (Å²) in [6.45, 7) is 3.50. The van der Waals surface area contributed by atoms with E-state index in [1.165, 1.54) is 6.92 Å². The van der Waals surface area contributed by atoms with E-state index in [4.69, 9.17) is 9.26 Å². The highest BCUT2D eigenvalue weighted by Crippen LogP contribution is 2.29. The van der Waals surface area contributed by atoms with Crippen LogP contribution >= 0.6 is 0 Å². The number of aryl methyl sites for hydroxylation is 1. The van der Waals surface area contributed by atoms with Crippen molar-refractivity contribution < 1.29 is 18.8 Å². The molecule has 0 aliphatic rings. The van der Waals surface area contributed by atoms with E-state index >= 15 is 0 Å². The van der Waals surface area contributed by atoms with Crippen LogP contribution in [0.4, 0.5) is 5.69 Å². The number of anilines is 1. The maximum Gasteiger partial charge on any atom is 0.338 e. The zero-order valence-corrected chi connectivity index (χ0v) is 16.6. The second kappa shape index (κ2) is 8.21. The minimum Gasteiger partial charge on any atom is -0.449 e. The third-order valence-corrected chi connectivity index (χ3v) is 4.72. The third kappa shape index (κ3) is 4.07. The first-order chi connectivity index (χ1) is 14.5. The Kier molecular flexibility index (Phi) is 5.30. The van der Waals surface area contributed by atoms with Crippen molar-refractivity contribution in [1.82, 2.24) is 5.16 Å². The molecular weight excluding hydrogens is 380 g/mol. The Morgan fingerprint density at radius 2 is 1.73 bits per heavy atom. The SMILES string of the molecule is Cc1ccc(NC(=O)[C@H](C)OC(=O)c2ccc3noc(-c4ccccc4)c3c2)cc1. The molecule has 6 heteroatoms. The molecule has 1 amide bonds. The molecule has 0 aliphatic heterocycles. The number of esters is 1. The molecule has 1 heterocycles. The lowest BCUT2D eigenvalue weighted by Crippen LogP contribution is -2.30. The highest BCUT2D eigenvalue weighted by atomic mass is 16.5. The predicted molar refractivity (Wildman–Crippen MR) is 114 cm³/mol. The number of benzene rings is 3. The van der Waals surface area contributed by atoms with Crippen molar-refractivity contribution in [2.45, 2.75) is 20.0 Å². The first kappa shape index (κ1) is 19.4. The van der Waals surface area contributed by atoms with E-state index in [1.807, 2.05) is 49.4 Å². The van der Waals surface area contributed by atoms with Gasteiger partial charge in [-0.1, -0.05) is 53.2 Å². The molecule has 0 saturated carbocycles. The summed E-state index contributed by atoms with van der Waals surface area (Å²) in [4.78, 5) is 25.0. The maximum atomic E-state index is 12.6. The lowest BCUT2D eigenvalue weighted by Gasteiger charge is -2.13. The van der Waals surface area contributed by atoms with Crippen molar-refractivity contribution in [2.75, 3.05) is 5.32 Å². The Labute approximate surface area is 173 Å². The fraction of sp³-hybridized carbons (Fsp3) is 0.125. The quantitative estimate of drug-likeness (QED) is 0.478. The summed E-state index contributed by atoms with van der Waals surface area (Å²) in [5.41, 5.74) is 3.54. The molecule has 3 aromatic carbocycles. The van der Waals surface area contributed by atoms with Gasteiger partial charge in [-0.2, -0.15) is 0 Å². The van der Waals surface area contributed by atoms with Gasteiger partial charge in [-0.3, -0.25) is 4.79 Å². The predicted octanol–water partition coefficient (Wildman–Crippen LogP) is 4.99. The molecule has 0 spiro atoms. The molecule has 1 aromatic heterocycles. The summed E-state index contributed by atoms with van der Waals surface area (Å²) in [6, 6.07) is 21.9. The molecule has 6 nitrogen and oxygen atoms in total. The normalized spacial score (nSPS) is 11.8. The minimum absolute atomic E-state index is 0.317. The van der Waals surface area contributed by atoms with Crippen LogP contribution in [0, 0.1) is 6.92 Å². The van der Waals surface area contributed by atoms with Crippen LogP contribution in [-0.4, -0.2) is 23.1 Å². The largest absolute Gasteiger partial charge is 0.449 e. The molecule has 0 unspecified atom stereocenters. The van der Waals surface area contributed by atoms with Gasteiger partial charge in [0.25, 0.3) is 5.91 Å². The van der Waals surface area contributed by atoms with Gasteiger partial charge in [-0.15, -0.1) is 0 Å². The lowest BCUT2D eigenvalue weighted by atomic mass is 10.1. The van der Waals surface area contributed by atoms with E-state index in [0.717, 1.165) is 11.1 Å². The van der Waals surface area contributed by atoms with Gasteiger partial charge in [0.15, 0.2) is 11.9 Å². The average molecular weight is 400 g/mol. The highest BCUT2D eigenvalue weighted by Gasteiger charge is 2.20. The Hall–Kier alpha value is -3.93. The monoisotopic (exact) mass is 400 g/mol. The fourth-order valence-corrected chi connectivity index (χ4v) is 3.03. The van der Waals surface area contributed by atoms with Crippen LogP contribution in [-0.2, 0) is 9.53 Å². The summed E-state index contributed by atoms with van der Waals surface area (Å²) in [6.07, 6.45) is -0.953. The van der Waals surface area contributed by atoms with Crippen molar-refractivity contribution in [2.24, 2.45) is 0 Å². The smallest absolute Gasteiger partial charge is 0.338 e. The Balaban J connectivity index is 1.50. The van der Waals surface area contributed by atoms with Crippen LogP contribution in [0.1, 0.15) is 22.8 Å². The number of carbonyl (C=O) groups is 2. The number of aromatic nitrogens is 1. The molecule has 1 atom stereocenters. The van der Waals surface area contributed by atoms with Crippen LogP contribution < -0.4 is 5.32 Å². The van der Waals surface area contributed by atoms with Crippen molar-refractivity contribution in [1.29, 1.82) is 0 Å². The molecule has 4 rings (SSSR count). The molecule has 0 saturated heterocycles. The van der Waals surface area contributed by atoms with Gasteiger partial charge in [-0.05, 0) is 44.2 Å². The van der Waals surface area contributed by atoms with Crippen LogP contribution in [0.15, 0.2) is 77.3 Å². The molecular formula is C24H20N2O4. The number of hydrogen-bond acceptors (Lipinski definition) is 5. The average Bonchev–Trinajstić information content (AvgIpc) is 3.19. The van der Waals surface area contributed by atoms with Gasteiger partial charge in [0, 0.05) is 11.3 Å². The first-order valence-electron chi connectivity index (χ1n) is 9.54. The molecule has 0 fully saturated rings. The Morgan fingerprint density at radius 1 is 1.00 bits per heavy atom. The summed E-state index contributed by atoms with van der Waals surface area (Å²) >= 11 is 0. The van der Waals surface area contributed by atoms with E-state index in [1.54, 1.807) is 30.3 Å². The van der Waals surface area contributed by atoms with Crippen LogP contribution in [0.5, 0.6) is 0 Å². The Bertz CT molecular complexity index is 1200. The highest BCUT2D eigenvalue weighted by molar-refractivity contribution is 6.00. The molecule has 30 heavy (non-hydrogen) atoms. The summed E-state index contributed by atoms with van der Waals surface area (Å²) < 4.78 is 10.8. The van der Waals surface area contributed by atoms with Crippen molar-refractivity contribution in [3.8, 4) is 11.3 Å². The molecule has 0 radical (unpaired) electrons. The van der Waals surface area contributed by atoms with Gasteiger partial charge in [-0.25, -0.2) is 4.79 Å². The van der Waals surface area contributed by atoms with Crippen LogP contribution in [0.3, 0.4) is 0 Å². The maximum absolute atomic E-state index is 12.6. The van der Waals surface area contributed by atoms with Crippen molar-refractivity contribution in [3.63, 3.8) is 0 Å². The number of amides is 1. The van der Waals surface area contributed by atoms with Crippen molar-refractivity contribution >= 4 is 28.5 Å². The van der Waals surface area contributed by atoms with Crippen molar-refractivity contribution in [3.05, 3.63) is 83.9 Å². The van der Waals surface area contributed by atoms with Crippen LogP contribution in [0.25, 0.3) is 22.2 Å². The number of fused-ring (bicyclic) bond motifs is 1. The summed E-state index contributed by atoms with van der Waals surface area (Å²) in [5, 5.41) is 7.49. The second-order valence-corrected chi connectivity index (χ2v) is 7.01. The van der Waals surface area contributed by atoms with E-state index < -0.39 is 18.0 Å². The second-order valence-electron chi connectivity index (χ2n) is 7.01. The number of nitrogens with one attached hydrogen (secondary N) is 1. The molecule has 150 valence electrons. The standard InChI is InChI=1S/C24H20N2O4/c1-15-8-11-19(12-9-15)25-23(27)16(2)29-24(28)18-10-13-21-20(14-18)22(30-26-21)17-6-4-3-5-7-17/h3-14,16H,1-2H3,(H,25,27)/t16-/m0/s1. The lowest BCUT2D eigenvalue weighted by molar-refractivity contribution is -0.123. The molecule has 4 aromatic rings. The van der Waals surface area contributed by atoms with E-state index in [9.17, 15) is 9.59 Å². The first-order valence-corrected chi connectivity index (χ1v) is 9.54. The molecule has 0 aliphatic carbocycles. The third-order valence-electron chi connectivity index (χ3n) is 4.72. The number of rotatable bonds is 5. The van der Waals surface area contributed by atoms with Gasteiger partial charge in [0.05, 0.1) is 10.9 Å². The number of carbonyl (C=O) groups excluding carboxylic acids is 2. The summed E-state index contributed by atoms with van der Waals surface area (Å²) in [5.74, 6) is -0.419. The van der Waals surface area contributed by atoms with Crippen LogP contribution in [0.2, 0.25) is 0 Å². The van der Waals surface area contributed by atoms with Gasteiger partial charge in [0.1, 0.15) is 5.52 Å². The van der Waals surface area contributed by atoms with Gasteiger partial charge >= 0.3 is 5.97 Å². The van der Waals surface area contributed by atoms with E-state index in [-0.39, 0.29) is 0 Å². The summed E-state index contributed by atoms with van der Waals surface area (Å²) in [7, 11) is 0.